The highest BCUT2D eigenvalue weighted by atomic mass is 16.2. The van der Waals surface area contributed by atoms with E-state index < -0.39 is 6.04 Å². The van der Waals surface area contributed by atoms with Crippen molar-refractivity contribution in [2.75, 3.05) is 5.32 Å². The topological polar surface area (TPSA) is 68.9 Å². The third-order valence-electron chi connectivity index (χ3n) is 4.15. The normalized spacial score (nSPS) is 12.5. The molecule has 130 valence electrons. The van der Waals surface area contributed by atoms with Gasteiger partial charge in [0, 0.05) is 30.5 Å². The van der Waals surface area contributed by atoms with Crippen LogP contribution in [0, 0.1) is 5.92 Å². The lowest BCUT2D eigenvalue weighted by Crippen LogP contribution is -2.32. The number of rotatable bonds is 5. The van der Waals surface area contributed by atoms with Crippen LogP contribution in [0.15, 0.2) is 53.7 Å². The van der Waals surface area contributed by atoms with Crippen LogP contribution in [0.3, 0.4) is 0 Å². The number of carbonyl (C=O) groups excluding carboxylic acids is 1. The first-order valence-corrected chi connectivity index (χ1v) is 8.39. The van der Waals surface area contributed by atoms with Crippen LogP contribution in [-0.2, 0) is 11.3 Å². The molecule has 0 saturated carbocycles. The van der Waals surface area contributed by atoms with Crippen LogP contribution in [0.5, 0.6) is 0 Å². The van der Waals surface area contributed by atoms with Crippen molar-refractivity contribution in [3.63, 3.8) is 0 Å². The smallest absolute Gasteiger partial charge is 0.259 e. The summed E-state index contributed by atoms with van der Waals surface area (Å²) in [6.07, 6.45) is 5.16. The highest BCUT2D eigenvalue weighted by molar-refractivity contribution is 5.92. The Morgan fingerprint density at radius 2 is 1.92 bits per heavy atom. The fourth-order valence-corrected chi connectivity index (χ4v) is 2.82. The van der Waals surface area contributed by atoms with Crippen LogP contribution in [-0.4, -0.2) is 20.0 Å². The van der Waals surface area contributed by atoms with Gasteiger partial charge in [-0.25, -0.2) is 4.98 Å². The molecule has 6 nitrogen and oxygen atoms in total. The molecule has 0 aliphatic carbocycles. The minimum atomic E-state index is -0.638. The summed E-state index contributed by atoms with van der Waals surface area (Å²) < 4.78 is 3.35. The van der Waals surface area contributed by atoms with Gasteiger partial charge in [0.05, 0.1) is 0 Å². The zero-order valence-electron chi connectivity index (χ0n) is 14.6. The number of nitrogens with one attached hydrogen (secondary N) is 1. The lowest BCUT2D eigenvalue weighted by atomic mass is 10.1. The summed E-state index contributed by atoms with van der Waals surface area (Å²) in [5, 5.41) is 4.29. The molecule has 0 radical (unpaired) electrons. The molecule has 1 atom stereocenters. The Labute approximate surface area is 146 Å². The van der Waals surface area contributed by atoms with E-state index in [9.17, 15) is 9.59 Å². The van der Waals surface area contributed by atoms with Crippen LogP contribution >= 0.6 is 0 Å². The number of hydrogen-bond acceptors (Lipinski definition) is 3. The van der Waals surface area contributed by atoms with Gasteiger partial charge >= 0.3 is 0 Å². The van der Waals surface area contributed by atoms with E-state index in [2.05, 4.69) is 24.1 Å². The molecule has 6 heteroatoms. The van der Waals surface area contributed by atoms with Gasteiger partial charge in [-0.2, -0.15) is 0 Å². The summed E-state index contributed by atoms with van der Waals surface area (Å²) in [6, 6.07) is 8.57. The number of pyridine rings is 1. The third kappa shape index (κ3) is 3.47. The first-order valence-electron chi connectivity index (χ1n) is 8.39. The number of carbonyl (C=O) groups is 1. The maximum absolute atomic E-state index is 12.7. The minimum Gasteiger partial charge on any atom is -0.317 e. The van der Waals surface area contributed by atoms with Crippen molar-refractivity contribution < 1.29 is 4.79 Å². The van der Waals surface area contributed by atoms with Gasteiger partial charge in [-0.05, 0) is 30.4 Å². The van der Waals surface area contributed by atoms with Crippen molar-refractivity contribution in [2.24, 2.45) is 5.92 Å². The van der Waals surface area contributed by atoms with Crippen molar-refractivity contribution in [1.29, 1.82) is 0 Å². The lowest BCUT2D eigenvalue weighted by Gasteiger charge is -2.16. The first-order chi connectivity index (χ1) is 12.0. The molecule has 0 bridgehead atoms. The molecular formula is C19H22N4O2. The largest absolute Gasteiger partial charge is 0.317 e. The molecule has 1 unspecified atom stereocenters. The highest BCUT2D eigenvalue weighted by Gasteiger charge is 2.19. The van der Waals surface area contributed by atoms with E-state index in [1.54, 1.807) is 25.4 Å². The van der Waals surface area contributed by atoms with Crippen molar-refractivity contribution in [3.8, 4) is 0 Å². The molecule has 2 heterocycles. The van der Waals surface area contributed by atoms with Crippen LogP contribution in [0.25, 0.3) is 10.8 Å². The number of amides is 1. The van der Waals surface area contributed by atoms with Gasteiger partial charge in [-0.15, -0.1) is 0 Å². The summed E-state index contributed by atoms with van der Waals surface area (Å²) in [6.45, 7) is 6.67. The van der Waals surface area contributed by atoms with Gasteiger partial charge in [0.2, 0.25) is 11.9 Å². The number of anilines is 1. The van der Waals surface area contributed by atoms with E-state index in [1.807, 2.05) is 35.0 Å². The number of hydrogen-bond donors (Lipinski definition) is 1. The Balaban J connectivity index is 1.85. The number of imidazole rings is 1. The summed E-state index contributed by atoms with van der Waals surface area (Å²) in [5.74, 6) is 0.665. The van der Waals surface area contributed by atoms with E-state index in [-0.39, 0.29) is 11.5 Å². The molecular weight excluding hydrogens is 316 g/mol. The van der Waals surface area contributed by atoms with Crippen LogP contribution in [0.4, 0.5) is 5.95 Å². The minimum absolute atomic E-state index is 0.175. The second-order valence-corrected chi connectivity index (χ2v) is 6.58. The van der Waals surface area contributed by atoms with Crippen molar-refractivity contribution in [1.82, 2.24) is 14.1 Å². The van der Waals surface area contributed by atoms with Gasteiger partial charge in [-0.1, -0.05) is 32.0 Å². The third-order valence-corrected chi connectivity index (χ3v) is 4.15. The molecule has 0 aliphatic heterocycles. The summed E-state index contributed by atoms with van der Waals surface area (Å²) >= 11 is 0. The zero-order valence-corrected chi connectivity index (χ0v) is 14.6. The quantitative estimate of drug-likeness (QED) is 0.777. The molecule has 0 spiro atoms. The molecule has 1 amide bonds. The SMILES string of the molecule is CC(C)Cn1ccnc1NC(=O)C(C)n1ccc2ccccc2c1=O. The van der Waals surface area contributed by atoms with E-state index in [0.29, 0.717) is 17.3 Å². The molecule has 3 rings (SSSR count). The molecule has 1 N–H and O–H groups in total. The van der Waals surface area contributed by atoms with Gasteiger partial charge in [-0.3, -0.25) is 14.9 Å². The average Bonchev–Trinajstić information content (AvgIpc) is 3.01. The first kappa shape index (κ1) is 17.0. The fraction of sp³-hybridized carbons (Fsp3) is 0.316. The van der Waals surface area contributed by atoms with Gasteiger partial charge < -0.3 is 9.13 Å². The molecule has 3 aromatic rings. The molecule has 25 heavy (non-hydrogen) atoms. The number of benzene rings is 1. The lowest BCUT2D eigenvalue weighted by molar-refractivity contribution is -0.118. The Bertz CT molecular complexity index is 955. The predicted octanol–water partition coefficient (Wildman–Crippen LogP) is 3.05. The molecule has 2 aromatic heterocycles. The maximum Gasteiger partial charge on any atom is 0.259 e. The van der Waals surface area contributed by atoms with E-state index in [0.717, 1.165) is 11.9 Å². The van der Waals surface area contributed by atoms with Crippen molar-refractivity contribution in [3.05, 3.63) is 59.3 Å². The maximum atomic E-state index is 12.7. The van der Waals surface area contributed by atoms with E-state index in [1.165, 1.54) is 4.57 Å². The average molecular weight is 338 g/mol. The predicted molar refractivity (Wildman–Crippen MR) is 98.6 cm³/mol. The van der Waals surface area contributed by atoms with E-state index >= 15 is 0 Å². The Kier molecular flexibility index (Phi) is 4.70. The Morgan fingerprint density at radius 3 is 2.68 bits per heavy atom. The standard InChI is InChI=1S/C19H22N4O2/c1-13(2)12-22-11-9-20-19(22)21-17(24)14(3)23-10-8-15-6-4-5-7-16(15)18(23)25/h4-11,13-14H,12H2,1-3H3,(H,20,21,24). The van der Waals surface area contributed by atoms with Crippen LogP contribution in [0.2, 0.25) is 0 Å². The molecule has 0 fully saturated rings. The van der Waals surface area contributed by atoms with Crippen LogP contribution < -0.4 is 10.9 Å². The number of aromatic nitrogens is 3. The summed E-state index contributed by atoms with van der Waals surface area (Å²) in [5.41, 5.74) is -0.175. The van der Waals surface area contributed by atoms with Gasteiger partial charge in [0.15, 0.2) is 0 Å². The second kappa shape index (κ2) is 6.93. The van der Waals surface area contributed by atoms with Crippen LogP contribution in [0.1, 0.15) is 26.8 Å². The summed E-state index contributed by atoms with van der Waals surface area (Å²) in [4.78, 5) is 29.5. The molecule has 0 saturated heterocycles. The number of nitrogens with zero attached hydrogens (tertiary/aromatic N) is 3. The van der Waals surface area contributed by atoms with E-state index in [4.69, 9.17) is 0 Å². The summed E-state index contributed by atoms with van der Waals surface area (Å²) in [7, 11) is 0. The molecule has 0 aliphatic rings. The molecule has 1 aromatic carbocycles. The Morgan fingerprint density at radius 1 is 1.16 bits per heavy atom. The Hall–Kier alpha value is -2.89. The zero-order chi connectivity index (χ0) is 18.0. The van der Waals surface area contributed by atoms with Crippen molar-refractivity contribution >= 4 is 22.6 Å². The van der Waals surface area contributed by atoms with Gasteiger partial charge in [0.25, 0.3) is 5.56 Å². The van der Waals surface area contributed by atoms with Crippen molar-refractivity contribution in [2.45, 2.75) is 33.4 Å². The fourth-order valence-electron chi connectivity index (χ4n) is 2.82. The monoisotopic (exact) mass is 338 g/mol. The second-order valence-electron chi connectivity index (χ2n) is 6.58. The highest BCUT2D eigenvalue weighted by Crippen LogP contribution is 2.14. The van der Waals surface area contributed by atoms with Gasteiger partial charge in [0.1, 0.15) is 6.04 Å². The number of fused-ring (bicyclic) bond motifs is 1.